The fourth-order valence-corrected chi connectivity index (χ4v) is 6.31. The molecule has 0 bridgehead atoms. The third-order valence-electron chi connectivity index (χ3n) is 6.57. The summed E-state index contributed by atoms with van der Waals surface area (Å²) in [7, 11) is -3.86. The molecule has 0 aliphatic carbocycles. The first-order valence-electron chi connectivity index (χ1n) is 11.6. The number of ether oxygens (including phenoxy) is 1. The van der Waals surface area contributed by atoms with E-state index in [2.05, 4.69) is 10.6 Å². The molecule has 1 saturated heterocycles. The lowest BCUT2D eigenvalue weighted by Crippen LogP contribution is -2.44. The zero-order valence-corrected chi connectivity index (χ0v) is 20.8. The van der Waals surface area contributed by atoms with Crippen molar-refractivity contribution >= 4 is 33.2 Å². The minimum absolute atomic E-state index is 0.117. The van der Waals surface area contributed by atoms with Crippen LogP contribution in [0.1, 0.15) is 43.4 Å². The molecule has 182 valence electrons. The van der Waals surface area contributed by atoms with Gasteiger partial charge >= 0.3 is 0 Å². The fraction of sp³-hybridized carbons (Fsp3) is 0.440. The Hall–Kier alpha value is -2.91. The molecule has 34 heavy (non-hydrogen) atoms. The lowest BCUT2D eigenvalue weighted by atomic mass is 9.98. The van der Waals surface area contributed by atoms with E-state index in [1.807, 2.05) is 32.0 Å². The number of sulfonamides is 1. The van der Waals surface area contributed by atoms with Gasteiger partial charge in [0.25, 0.3) is 5.91 Å². The SMILES string of the molecule is CCc1cccc(C)c1NC(=O)[C@H]1CCCN(S(=O)(=O)c2cc3c(cc2C)NC(=O)[C@@H](C)O3)C1. The molecule has 2 N–H and O–H groups in total. The maximum absolute atomic E-state index is 13.6. The minimum atomic E-state index is -3.86. The number of amides is 2. The van der Waals surface area contributed by atoms with E-state index in [-0.39, 0.29) is 23.3 Å². The Morgan fingerprint density at radius 2 is 2.00 bits per heavy atom. The Morgan fingerprint density at radius 1 is 1.24 bits per heavy atom. The molecule has 0 unspecified atom stereocenters. The standard InChI is InChI=1S/C25H31N3O5S/c1-5-18-9-6-8-15(2)23(18)27-25(30)19-10-7-11-28(14-19)34(31,32)22-13-21-20(12-16(22)3)26-24(29)17(4)33-21/h6,8-9,12-13,17,19H,5,7,10-11,14H2,1-4H3,(H,26,29)(H,27,30)/t17-,19+/m1/s1. The highest BCUT2D eigenvalue weighted by Gasteiger charge is 2.35. The molecule has 1 fully saturated rings. The number of aryl methyl sites for hydroxylation is 3. The molecule has 2 heterocycles. The second-order valence-corrected chi connectivity index (χ2v) is 10.9. The highest BCUT2D eigenvalue weighted by atomic mass is 32.2. The van der Waals surface area contributed by atoms with Gasteiger partial charge in [0.2, 0.25) is 15.9 Å². The summed E-state index contributed by atoms with van der Waals surface area (Å²) in [5.74, 6) is -0.547. The normalized spacial score (nSPS) is 20.8. The predicted octanol–water partition coefficient (Wildman–Crippen LogP) is 3.62. The molecular weight excluding hydrogens is 454 g/mol. The Balaban J connectivity index is 1.56. The molecule has 0 saturated carbocycles. The molecule has 2 aliphatic rings. The molecule has 2 aromatic carbocycles. The molecule has 2 amide bonds. The van der Waals surface area contributed by atoms with Gasteiger partial charge in [-0.2, -0.15) is 4.31 Å². The van der Waals surface area contributed by atoms with Gasteiger partial charge in [0, 0.05) is 24.8 Å². The van der Waals surface area contributed by atoms with Crippen molar-refractivity contribution < 1.29 is 22.7 Å². The van der Waals surface area contributed by atoms with E-state index < -0.39 is 22.0 Å². The van der Waals surface area contributed by atoms with Crippen LogP contribution in [0.2, 0.25) is 0 Å². The molecule has 0 aromatic heterocycles. The van der Waals surface area contributed by atoms with Crippen molar-refractivity contribution in [2.75, 3.05) is 23.7 Å². The summed E-state index contributed by atoms with van der Waals surface area (Å²) >= 11 is 0. The Morgan fingerprint density at radius 3 is 2.74 bits per heavy atom. The largest absolute Gasteiger partial charge is 0.479 e. The third kappa shape index (κ3) is 4.54. The first-order chi connectivity index (χ1) is 16.1. The number of nitrogens with one attached hydrogen (secondary N) is 2. The number of anilines is 2. The van der Waals surface area contributed by atoms with Gasteiger partial charge in [-0.25, -0.2) is 8.42 Å². The lowest BCUT2D eigenvalue weighted by Gasteiger charge is -2.32. The van der Waals surface area contributed by atoms with Crippen LogP contribution in [-0.4, -0.2) is 43.7 Å². The second kappa shape index (κ2) is 9.38. The summed E-state index contributed by atoms with van der Waals surface area (Å²) in [5.41, 5.74) is 3.82. The van der Waals surface area contributed by atoms with E-state index in [4.69, 9.17) is 4.74 Å². The summed E-state index contributed by atoms with van der Waals surface area (Å²) in [6.07, 6.45) is 1.31. The molecular formula is C25H31N3O5S. The van der Waals surface area contributed by atoms with Crippen LogP contribution in [0.25, 0.3) is 0 Å². The molecule has 4 rings (SSSR count). The van der Waals surface area contributed by atoms with Crippen LogP contribution in [0.5, 0.6) is 5.75 Å². The quantitative estimate of drug-likeness (QED) is 0.673. The first kappa shape index (κ1) is 24.2. The summed E-state index contributed by atoms with van der Waals surface area (Å²) in [4.78, 5) is 25.1. The van der Waals surface area contributed by atoms with Crippen LogP contribution in [0.3, 0.4) is 0 Å². The number of carbonyl (C=O) groups excluding carboxylic acids is 2. The van der Waals surface area contributed by atoms with Crippen LogP contribution >= 0.6 is 0 Å². The van der Waals surface area contributed by atoms with Crippen molar-refractivity contribution in [1.82, 2.24) is 4.31 Å². The summed E-state index contributed by atoms with van der Waals surface area (Å²) in [6, 6.07) is 9.00. The van der Waals surface area contributed by atoms with Crippen LogP contribution in [0.15, 0.2) is 35.2 Å². The van der Waals surface area contributed by atoms with Gasteiger partial charge in [0.15, 0.2) is 6.10 Å². The van der Waals surface area contributed by atoms with Crippen LogP contribution in [0.4, 0.5) is 11.4 Å². The van der Waals surface area contributed by atoms with E-state index in [0.29, 0.717) is 36.4 Å². The molecule has 2 aliphatic heterocycles. The zero-order valence-electron chi connectivity index (χ0n) is 20.0. The van der Waals surface area contributed by atoms with Gasteiger partial charge in [-0.3, -0.25) is 9.59 Å². The van der Waals surface area contributed by atoms with Crippen LogP contribution < -0.4 is 15.4 Å². The maximum atomic E-state index is 13.6. The molecule has 0 radical (unpaired) electrons. The van der Waals surface area contributed by atoms with Gasteiger partial charge in [-0.05, 0) is 62.8 Å². The number of piperidine rings is 1. The number of para-hydroxylation sites is 1. The summed E-state index contributed by atoms with van der Waals surface area (Å²) in [5, 5.41) is 5.79. The molecule has 8 nitrogen and oxygen atoms in total. The number of fused-ring (bicyclic) bond motifs is 1. The maximum Gasteiger partial charge on any atom is 0.265 e. The van der Waals surface area contributed by atoms with Crippen molar-refractivity contribution in [3.05, 3.63) is 47.0 Å². The first-order valence-corrected chi connectivity index (χ1v) is 13.1. The van der Waals surface area contributed by atoms with E-state index in [9.17, 15) is 18.0 Å². The van der Waals surface area contributed by atoms with Gasteiger partial charge in [0.05, 0.1) is 16.5 Å². The Kier molecular flexibility index (Phi) is 6.69. The van der Waals surface area contributed by atoms with Crippen molar-refractivity contribution in [2.24, 2.45) is 5.92 Å². The van der Waals surface area contributed by atoms with Gasteiger partial charge in [-0.15, -0.1) is 0 Å². The third-order valence-corrected chi connectivity index (χ3v) is 8.58. The van der Waals surface area contributed by atoms with E-state index in [1.165, 1.54) is 10.4 Å². The number of hydrogen-bond donors (Lipinski definition) is 2. The fourth-order valence-electron chi connectivity index (χ4n) is 4.56. The molecule has 0 spiro atoms. The molecule has 2 atom stereocenters. The molecule has 9 heteroatoms. The lowest BCUT2D eigenvalue weighted by molar-refractivity contribution is -0.123. The highest BCUT2D eigenvalue weighted by molar-refractivity contribution is 7.89. The zero-order chi connectivity index (χ0) is 24.6. The average Bonchev–Trinajstić information content (AvgIpc) is 2.81. The highest BCUT2D eigenvalue weighted by Crippen LogP contribution is 2.36. The monoisotopic (exact) mass is 485 g/mol. The topological polar surface area (TPSA) is 105 Å². The Labute approximate surface area is 200 Å². The van der Waals surface area contributed by atoms with Crippen molar-refractivity contribution in [2.45, 2.75) is 58.0 Å². The van der Waals surface area contributed by atoms with Crippen molar-refractivity contribution in [3.8, 4) is 5.75 Å². The number of nitrogens with zero attached hydrogens (tertiary/aromatic N) is 1. The number of carbonyl (C=O) groups is 2. The number of benzene rings is 2. The smallest absolute Gasteiger partial charge is 0.265 e. The van der Waals surface area contributed by atoms with Gasteiger partial charge < -0.3 is 15.4 Å². The van der Waals surface area contributed by atoms with Crippen LogP contribution in [0, 0.1) is 19.8 Å². The van der Waals surface area contributed by atoms with Crippen molar-refractivity contribution in [1.29, 1.82) is 0 Å². The Bertz CT molecular complexity index is 1240. The van der Waals surface area contributed by atoms with Crippen LogP contribution in [-0.2, 0) is 26.0 Å². The van der Waals surface area contributed by atoms with Crippen molar-refractivity contribution in [3.63, 3.8) is 0 Å². The number of rotatable bonds is 5. The summed E-state index contributed by atoms with van der Waals surface area (Å²) < 4.78 is 34.2. The second-order valence-electron chi connectivity index (χ2n) is 9.02. The van der Waals surface area contributed by atoms with Gasteiger partial charge in [-0.1, -0.05) is 25.1 Å². The van der Waals surface area contributed by atoms with Gasteiger partial charge in [0.1, 0.15) is 5.75 Å². The van der Waals surface area contributed by atoms with E-state index >= 15 is 0 Å². The minimum Gasteiger partial charge on any atom is -0.479 e. The summed E-state index contributed by atoms with van der Waals surface area (Å²) in [6.45, 7) is 7.76. The average molecular weight is 486 g/mol. The number of hydrogen-bond acceptors (Lipinski definition) is 5. The molecule has 2 aromatic rings. The van der Waals surface area contributed by atoms with E-state index in [0.717, 1.165) is 23.2 Å². The predicted molar refractivity (Wildman–Crippen MR) is 131 cm³/mol. The van der Waals surface area contributed by atoms with E-state index in [1.54, 1.807) is 19.9 Å².